The standard InChI is InChI=1S/C16H19N5O2S/c17-15(18)20-11-4-6-12(7-5-11)23-14(22)13-10-19-16(24-13)21-8-2-1-3-9-21/h4-7,10H,1-3,8-9H2,(H4,17,18,20). The summed E-state index contributed by atoms with van der Waals surface area (Å²) in [6, 6.07) is 6.68. The summed E-state index contributed by atoms with van der Waals surface area (Å²) in [7, 11) is 0. The van der Waals surface area contributed by atoms with Gasteiger partial charge in [-0.25, -0.2) is 9.78 Å². The van der Waals surface area contributed by atoms with Crippen molar-refractivity contribution in [3.05, 3.63) is 35.3 Å². The van der Waals surface area contributed by atoms with E-state index in [-0.39, 0.29) is 5.96 Å². The molecule has 1 fully saturated rings. The van der Waals surface area contributed by atoms with Crippen molar-refractivity contribution in [3.63, 3.8) is 0 Å². The maximum absolute atomic E-state index is 12.2. The molecule has 1 aliphatic heterocycles. The Balaban J connectivity index is 1.62. The van der Waals surface area contributed by atoms with Crippen LogP contribution in [0.15, 0.2) is 30.5 Å². The lowest BCUT2D eigenvalue weighted by molar-refractivity contribution is 0.0739. The number of esters is 1. The molecule has 0 bridgehead atoms. The summed E-state index contributed by atoms with van der Waals surface area (Å²) in [6.07, 6.45) is 5.16. The predicted octanol–water partition coefficient (Wildman–Crippen LogP) is 2.66. The lowest BCUT2D eigenvalue weighted by Gasteiger charge is -2.25. The highest BCUT2D eigenvalue weighted by Crippen LogP contribution is 2.26. The number of nitrogens with two attached hydrogens (primary N) is 1. The SMILES string of the molecule is N=C(N)Nc1ccc(OC(=O)c2cnc(N3CCCCC3)s2)cc1. The van der Waals surface area contributed by atoms with Gasteiger partial charge in [-0.2, -0.15) is 0 Å². The number of carbonyl (C=O) groups is 1. The minimum Gasteiger partial charge on any atom is -0.422 e. The van der Waals surface area contributed by atoms with E-state index in [4.69, 9.17) is 15.9 Å². The van der Waals surface area contributed by atoms with Crippen LogP contribution in [0.4, 0.5) is 10.8 Å². The van der Waals surface area contributed by atoms with Gasteiger partial charge in [-0.3, -0.25) is 5.41 Å². The number of thiazole rings is 1. The molecule has 1 aliphatic rings. The molecular weight excluding hydrogens is 326 g/mol. The summed E-state index contributed by atoms with van der Waals surface area (Å²) < 4.78 is 5.36. The van der Waals surface area contributed by atoms with Crippen LogP contribution in [0.25, 0.3) is 0 Å². The van der Waals surface area contributed by atoms with Crippen LogP contribution in [0, 0.1) is 5.41 Å². The van der Waals surface area contributed by atoms with Gasteiger partial charge < -0.3 is 20.7 Å². The Morgan fingerprint density at radius 3 is 2.62 bits per heavy atom. The van der Waals surface area contributed by atoms with Crippen LogP contribution in [-0.2, 0) is 0 Å². The molecule has 0 saturated carbocycles. The number of guanidine groups is 1. The maximum atomic E-state index is 12.2. The number of nitrogens with one attached hydrogen (secondary N) is 2. The second kappa shape index (κ2) is 7.31. The number of carbonyl (C=O) groups excluding carboxylic acids is 1. The smallest absolute Gasteiger partial charge is 0.355 e. The largest absolute Gasteiger partial charge is 0.422 e. The third-order valence-electron chi connectivity index (χ3n) is 3.67. The Kier molecular flexibility index (Phi) is 4.95. The number of nitrogens with zero attached hydrogens (tertiary/aromatic N) is 2. The quantitative estimate of drug-likeness (QED) is 0.341. The van der Waals surface area contributed by atoms with Gasteiger partial charge >= 0.3 is 5.97 Å². The highest BCUT2D eigenvalue weighted by molar-refractivity contribution is 7.17. The number of piperidine rings is 1. The highest BCUT2D eigenvalue weighted by Gasteiger charge is 2.18. The van der Waals surface area contributed by atoms with Gasteiger partial charge in [-0.05, 0) is 43.5 Å². The fraction of sp³-hybridized carbons (Fsp3) is 0.312. The van der Waals surface area contributed by atoms with Crippen molar-refractivity contribution >= 4 is 34.1 Å². The van der Waals surface area contributed by atoms with Crippen LogP contribution < -0.4 is 20.7 Å². The van der Waals surface area contributed by atoms with Gasteiger partial charge in [0, 0.05) is 18.8 Å². The van der Waals surface area contributed by atoms with Crippen LogP contribution in [0.5, 0.6) is 5.75 Å². The van der Waals surface area contributed by atoms with E-state index < -0.39 is 5.97 Å². The predicted molar refractivity (Wildman–Crippen MR) is 95.1 cm³/mol. The first kappa shape index (κ1) is 16.3. The second-order valence-corrected chi connectivity index (χ2v) is 6.52. The highest BCUT2D eigenvalue weighted by atomic mass is 32.1. The average molecular weight is 345 g/mol. The molecule has 4 N–H and O–H groups in total. The Bertz CT molecular complexity index is 722. The fourth-order valence-electron chi connectivity index (χ4n) is 2.51. The van der Waals surface area contributed by atoms with Crippen LogP contribution in [-0.4, -0.2) is 30.0 Å². The third-order valence-corrected chi connectivity index (χ3v) is 4.70. The van der Waals surface area contributed by atoms with Crippen molar-refractivity contribution in [3.8, 4) is 5.75 Å². The van der Waals surface area contributed by atoms with E-state index >= 15 is 0 Å². The number of ether oxygens (including phenoxy) is 1. The average Bonchev–Trinajstić information content (AvgIpc) is 3.07. The molecule has 2 aromatic rings. The molecule has 126 valence electrons. The molecule has 0 atom stereocenters. The van der Waals surface area contributed by atoms with Gasteiger partial charge in [0.25, 0.3) is 0 Å². The molecule has 0 amide bonds. The van der Waals surface area contributed by atoms with E-state index in [1.807, 2.05) is 0 Å². The van der Waals surface area contributed by atoms with Crippen molar-refractivity contribution in [2.24, 2.45) is 5.73 Å². The van der Waals surface area contributed by atoms with Crippen LogP contribution in [0.1, 0.15) is 28.9 Å². The molecule has 1 saturated heterocycles. The molecule has 24 heavy (non-hydrogen) atoms. The molecule has 7 nitrogen and oxygen atoms in total. The van der Waals surface area contributed by atoms with Crippen molar-refractivity contribution < 1.29 is 9.53 Å². The second-order valence-electron chi connectivity index (χ2n) is 5.51. The van der Waals surface area contributed by atoms with E-state index in [1.165, 1.54) is 30.6 Å². The Morgan fingerprint density at radius 2 is 1.96 bits per heavy atom. The van der Waals surface area contributed by atoms with E-state index in [9.17, 15) is 4.79 Å². The zero-order valence-electron chi connectivity index (χ0n) is 13.1. The van der Waals surface area contributed by atoms with Gasteiger partial charge in [0.05, 0.1) is 6.20 Å². The minimum absolute atomic E-state index is 0.144. The minimum atomic E-state index is -0.414. The number of benzene rings is 1. The molecule has 3 rings (SSSR count). The molecule has 0 radical (unpaired) electrons. The topological polar surface area (TPSA) is 104 Å². The first-order chi connectivity index (χ1) is 11.6. The van der Waals surface area contributed by atoms with Crippen LogP contribution in [0.2, 0.25) is 0 Å². The Labute approximate surface area is 144 Å². The van der Waals surface area contributed by atoms with Crippen molar-refractivity contribution in [2.75, 3.05) is 23.3 Å². The molecule has 1 aromatic heterocycles. The number of hydrogen-bond donors (Lipinski definition) is 3. The van der Waals surface area contributed by atoms with Gasteiger partial charge in [0.2, 0.25) is 0 Å². The zero-order valence-corrected chi connectivity index (χ0v) is 13.9. The van der Waals surface area contributed by atoms with Crippen LogP contribution >= 0.6 is 11.3 Å². The van der Waals surface area contributed by atoms with Crippen molar-refractivity contribution in [1.29, 1.82) is 5.41 Å². The summed E-state index contributed by atoms with van der Waals surface area (Å²) >= 11 is 1.36. The first-order valence-corrected chi connectivity index (χ1v) is 8.57. The summed E-state index contributed by atoms with van der Waals surface area (Å²) in [6.45, 7) is 1.99. The maximum Gasteiger partial charge on any atom is 0.355 e. The normalized spacial score (nSPS) is 14.2. The summed E-state index contributed by atoms with van der Waals surface area (Å²) in [5.41, 5.74) is 5.92. The number of rotatable bonds is 4. The Morgan fingerprint density at radius 1 is 1.25 bits per heavy atom. The number of aromatic nitrogens is 1. The number of hydrogen-bond acceptors (Lipinski definition) is 6. The van der Waals surface area contributed by atoms with E-state index in [1.54, 1.807) is 30.5 Å². The first-order valence-electron chi connectivity index (χ1n) is 7.76. The van der Waals surface area contributed by atoms with Gasteiger partial charge in [0.15, 0.2) is 11.1 Å². The zero-order chi connectivity index (χ0) is 16.9. The summed E-state index contributed by atoms with van der Waals surface area (Å²) in [4.78, 5) is 19.3. The molecule has 0 unspecified atom stereocenters. The molecule has 0 aliphatic carbocycles. The molecule has 0 spiro atoms. The van der Waals surface area contributed by atoms with Gasteiger partial charge in [-0.15, -0.1) is 0 Å². The van der Waals surface area contributed by atoms with Crippen molar-refractivity contribution in [1.82, 2.24) is 4.98 Å². The molecular formula is C16H19N5O2S. The summed E-state index contributed by atoms with van der Waals surface area (Å²) in [5.74, 6) is -0.125. The van der Waals surface area contributed by atoms with E-state index in [0.717, 1.165) is 18.2 Å². The van der Waals surface area contributed by atoms with Crippen LogP contribution in [0.3, 0.4) is 0 Å². The monoisotopic (exact) mass is 345 g/mol. The lowest BCUT2D eigenvalue weighted by atomic mass is 10.1. The lowest BCUT2D eigenvalue weighted by Crippen LogP contribution is -2.29. The molecule has 8 heteroatoms. The van der Waals surface area contributed by atoms with Gasteiger partial charge in [-0.1, -0.05) is 11.3 Å². The van der Waals surface area contributed by atoms with E-state index in [2.05, 4.69) is 15.2 Å². The Hall–Kier alpha value is -2.61. The van der Waals surface area contributed by atoms with E-state index in [0.29, 0.717) is 16.3 Å². The van der Waals surface area contributed by atoms with Gasteiger partial charge in [0.1, 0.15) is 10.6 Å². The molecule has 2 heterocycles. The third kappa shape index (κ3) is 4.02. The fourth-order valence-corrected chi connectivity index (χ4v) is 3.35. The number of anilines is 2. The van der Waals surface area contributed by atoms with Crippen molar-refractivity contribution in [2.45, 2.75) is 19.3 Å². The molecule has 1 aromatic carbocycles. The summed E-state index contributed by atoms with van der Waals surface area (Å²) in [5, 5.41) is 10.7.